The molecule has 0 aromatic rings. The van der Waals surface area contributed by atoms with Crippen molar-refractivity contribution in [3.05, 3.63) is 23.3 Å². The lowest BCUT2D eigenvalue weighted by molar-refractivity contribution is -0.174. The number of hydrogen-bond donors (Lipinski definition) is 1. The fourth-order valence-corrected chi connectivity index (χ4v) is 3.26. The van der Waals surface area contributed by atoms with E-state index in [4.69, 9.17) is 14.2 Å². The van der Waals surface area contributed by atoms with Crippen LogP contribution in [0.2, 0.25) is 0 Å². The van der Waals surface area contributed by atoms with Crippen molar-refractivity contribution < 1.29 is 38.5 Å². The summed E-state index contributed by atoms with van der Waals surface area (Å²) in [4.78, 5) is 51.5. The van der Waals surface area contributed by atoms with Gasteiger partial charge in [-0.25, -0.2) is 9.59 Å². The van der Waals surface area contributed by atoms with E-state index in [1.807, 2.05) is 11.9 Å². The van der Waals surface area contributed by atoms with E-state index in [2.05, 4.69) is 0 Å². The molecule has 0 aliphatic carbocycles. The average molecular weight is 423 g/mol. The molecule has 30 heavy (non-hydrogen) atoms. The van der Waals surface area contributed by atoms with Crippen molar-refractivity contribution in [3.8, 4) is 0 Å². The largest absolute Gasteiger partial charge is 0.465 e. The maximum Gasteiger partial charge on any atom is 0.338 e. The van der Waals surface area contributed by atoms with Crippen LogP contribution >= 0.6 is 0 Å². The number of allylic oxidation sites excluding steroid dienone is 1. The van der Waals surface area contributed by atoms with Gasteiger partial charge in [0.25, 0.3) is 0 Å². The standard InChI is InChI=1S/C21H29NO8/c1-5-14-10-16(12-28-13(2)23)21(3,27)20(26)29-11-15-6-8-22(4)9-7-17(18(15)24)30-19(14)25/h5-6,16-17,27H,7-12H2,1-4H3/b14-5-,15-6-/t16-,17+,21+/m0/s1. The zero-order valence-electron chi connectivity index (χ0n) is 17.8. The minimum absolute atomic E-state index is 0.103. The molecule has 1 N–H and O–H groups in total. The summed E-state index contributed by atoms with van der Waals surface area (Å²) in [6.45, 7) is 4.41. The fourth-order valence-electron chi connectivity index (χ4n) is 3.26. The second-order valence-electron chi connectivity index (χ2n) is 7.78. The van der Waals surface area contributed by atoms with Crippen LogP contribution in [-0.4, -0.2) is 78.8 Å². The molecule has 2 bridgehead atoms. The van der Waals surface area contributed by atoms with Crippen LogP contribution < -0.4 is 0 Å². The molecule has 9 heteroatoms. The molecule has 0 aromatic heterocycles. The van der Waals surface area contributed by atoms with Crippen molar-refractivity contribution in [2.24, 2.45) is 5.92 Å². The van der Waals surface area contributed by atoms with Crippen molar-refractivity contribution in [3.63, 3.8) is 0 Å². The Morgan fingerprint density at radius 2 is 2.10 bits per heavy atom. The second kappa shape index (κ2) is 9.99. The first-order chi connectivity index (χ1) is 14.1. The third-order valence-corrected chi connectivity index (χ3v) is 5.41. The molecule has 0 spiro atoms. The quantitative estimate of drug-likeness (QED) is 0.386. The molecule has 0 unspecified atom stereocenters. The van der Waals surface area contributed by atoms with Crippen LogP contribution in [0.5, 0.6) is 0 Å². The van der Waals surface area contributed by atoms with E-state index in [1.54, 1.807) is 13.0 Å². The van der Waals surface area contributed by atoms with Gasteiger partial charge in [-0.15, -0.1) is 0 Å². The predicted molar refractivity (Wildman–Crippen MR) is 105 cm³/mol. The van der Waals surface area contributed by atoms with Crippen LogP contribution in [0.15, 0.2) is 23.3 Å². The molecule has 0 radical (unpaired) electrons. The minimum atomic E-state index is -2.06. The fraction of sp³-hybridized carbons (Fsp3) is 0.619. The minimum Gasteiger partial charge on any atom is -0.465 e. The van der Waals surface area contributed by atoms with Gasteiger partial charge in [-0.2, -0.15) is 0 Å². The van der Waals surface area contributed by atoms with Gasteiger partial charge in [0.2, 0.25) is 5.78 Å². The van der Waals surface area contributed by atoms with E-state index < -0.39 is 41.3 Å². The summed E-state index contributed by atoms with van der Waals surface area (Å²) in [7, 11) is 1.86. The first-order valence-corrected chi connectivity index (χ1v) is 9.87. The van der Waals surface area contributed by atoms with Crippen LogP contribution in [0, 0.1) is 5.92 Å². The van der Waals surface area contributed by atoms with E-state index in [-0.39, 0.29) is 30.8 Å². The van der Waals surface area contributed by atoms with E-state index in [1.165, 1.54) is 19.9 Å². The van der Waals surface area contributed by atoms with Gasteiger partial charge in [0.05, 0.1) is 6.61 Å². The van der Waals surface area contributed by atoms with Crippen molar-refractivity contribution in [1.29, 1.82) is 0 Å². The number of nitrogens with zero attached hydrogens (tertiary/aromatic N) is 1. The number of cyclic esters (lactones) is 1. The second-order valence-corrected chi connectivity index (χ2v) is 7.78. The molecular weight excluding hydrogens is 394 g/mol. The molecule has 0 saturated carbocycles. The number of likely N-dealkylation sites (N-methyl/N-ethyl adjacent to an activating group) is 1. The predicted octanol–water partition coefficient (Wildman–Crippen LogP) is 0.553. The lowest BCUT2D eigenvalue weighted by Gasteiger charge is -2.32. The van der Waals surface area contributed by atoms with Gasteiger partial charge >= 0.3 is 17.9 Å². The van der Waals surface area contributed by atoms with Crippen molar-refractivity contribution in [2.75, 3.05) is 33.4 Å². The number of carbonyl (C=O) groups is 4. The highest BCUT2D eigenvalue weighted by atomic mass is 16.6. The van der Waals surface area contributed by atoms with E-state index in [9.17, 15) is 24.3 Å². The molecule has 3 atom stereocenters. The van der Waals surface area contributed by atoms with Crippen molar-refractivity contribution in [2.45, 2.75) is 45.3 Å². The zero-order chi connectivity index (χ0) is 22.5. The molecule has 2 aliphatic heterocycles. The molecule has 9 nitrogen and oxygen atoms in total. The topological polar surface area (TPSA) is 119 Å². The third-order valence-electron chi connectivity index (χ3n) is 5.41. The summed E-state index contributed by atoms with van der Waals surface area (Å²) < 4.78 is 15.8. The SMILES string of the molecule is C/C=C1/C[C@@H](COC(C)=O)[C@@](C)(O)C(=O)OC/C2=C/CN(C)CC[C@@H](OC1=O)C2=O. The van der Waals surface area contributed by atoms with Gasteiger partial charge in [-0.3, -0.25) is 9.59 Å². The highest BCUT2D eigenvalue weighted by Crippen LogP contribution is 2.29. The Kier molecular flexibility index (Phi) is 7.91. The smallest absolute Gasteiger partial charge is 0.338 e. The van der Waals surface area contributed by atoms with Crippen LogP contribution in [0.3, 0.4) is 0 Å². The van der Waals surface area contributed by atoms with E-state index in [0.717, 1.165) is 0 Å². The monoisotopic (exact) mass is 423 g/mol. The van der Waals surface area contributed by atoms with Gasteiger partial charge in [0.15, 0.2) is 11.7 Å². The number of aliphatic hydroxyl groups is 1. The molecule has 2 aliphatic rings. The molecule has 1 saturated heterocycles. The lowest BCUT2D eigenvalue weighted by atomic mass is 9.84. The Labute approximate surface area is 175 Å². The molecule has 0 amide bonds. The molecule has 1 fully saturated rings. The number of Topliss-reactive ketones (excluding diaryl/α,β-unsaturated/α-hetero) is 1. The van der Waals surface area contributed by atoms with Gasteiger partial charge in [0, 0.05) is 43.5 Å². The molecule has 2 heterocycles. The van der Waals surface area contributed by atoms with Crippen LogP contribution in [0.1, 0.15) is 33.6 Å². The number of ether oxygens (including phenoxy) is 3. The summed E-state index contributed by atoms with van der Waals surface area (Å²) in [5.41, 5.74) is -1.71. The first kappa shape index (κ1) is 23.8. The first-order valence-electron chi connectivity index (χ1n) is 9.87. The van der Waals surface area contributed by atoms with Gasteiger partial charge in [-0.1, -0.05) is 12.2 Å². The summed E-state index contributed by atoms with van der Waals surface area (Å²) in [5, 5.41) is 10.9. The maximum absolute atomic E-state index is 12.9. The molecule has 2 rings (SSSR count). The normalized spacial score (nSPS) is 32.5. The maximum atomic E-state index is 12.9. The zero-order valence-corrected chi connectivity index (χ0v) is 17.8. The lowest BCUT2D eigenvalue weighted by Crippen LogP contribution is -2.48. The van der Waals surface area contributed by atoms with Crippen LogP contribution in [-0.2, 0) is 33.4 Å². The van der Waals surface area contributed by atoms with Crippen molar-refractivity contribution >= 4 is 23.7 Å². The third kappa shape index (κ3) is 5.76. The van der Waals surface area contributed by atoms with Gasteiger partial charge < -0.3 is 24.2 Å². The summed E-state index contributed by atoms with van der Waals surface area (Å²) in [6, 6.07) is 0. The Hall–Kier alpha value is -2.52. The highest BCUT2D eigenvalue weighted by Gasteiger charge is 2.44. The van der Waals surface area contributed by atoms with Crippen LogP contribution in [0.25, 0.3) is 0 Å². The van der Waals surface area contributed by atoms with Crippen molar-refractivity contribution in [1.82, 2.24) is 4.90 Å². The Morgan fingerprint density at radius 1 is 1.40 bits per heavy atom. The average Bonchev–Trinajstić information content (AvgIpc) is 2.68. The number of ketones is 1. The molecular formula is C21H29NO8. The molecule has 166 valence electrons. The Morgan fingerprint density at radius 3 is 2.73 bits per heavy atom. The van der Waals surface area contributed by atoms with Gasteiger partial charge in [0.1, 0.15) is 6.61 Å². The number of carbonyl (C=O) groups excluding carboxylic acids is 4. The number of hydrogen-bond acceptors (Lipinski definition) is 9. The number of rotatable bonds is 2. The van der Waals surface area contributed by atoms with E-state index >= 15 is 0 Å². The highest BCUT2D eigenvalue weighted by molar-refractivity contribution is 6.01. The number of esters is 3. The molecule has 0 aromatic carbocycles. The number of fused-ring (bicyclic) bond motifs is 2. The Bertz CT molecular complexity index is 767. The van der Waals surface area contributed by atoms with Crippen LogP contribution in [0.4, 0.5) is 0 Å². The van der Waals surface area contributed by atoms with Gasteiger partial charge in [-0.05, 0) is 27.3 Å². The summed E-state index contributed by atoms with van der Waals surface area (Å²) in [5.74, 6) is -3.64. The Balaban J connectivity index is 2.43. The summed E-state index contributed by atoms with van der Waals surface area (Å²) >= 11 is 0. The van der Waals surface area contributed by atoms with E-state index in [0.29, 0.717) is 19.5 Å². The summed E-state index contributed by atoms with van der Waals surface area (Å²) in [6.07, 6.45) is 2.31.